The van der Waals surface area contributed by atoms with Crippen molar-refractivity contribution >= 4 is 5.97 Å². The molecule has 1 aromatic heterocycles. The molecule has 1 rings (SSSR count). The third-order valence-corrected chi connectivity index (χ3v) is 1.65. The van der Waals surface area contributed by atoms with Crippen molar-refractivity contribution in [2.75, 3.05) is 6.61 Å². The molecule has 0 fully saturated rings. The predicted octanol–water partition coefficient (Wildman–Crippen LogP) is 1.90. The molecule has 82 valence electrons. The molecule has 0 amide bonds. The molecule has 0 bridgehead atoms. The molecule has 15 heavy (non-hydrogen) atoms. The fourth-order valence-corrected chi connectivity index (χ4v) is 1.00. The van der Waals surface area contributed by atoms with Crippen LogP contribution in [0.4, 0.5) is 8.78 Å². The minimum absolute atomic E-state index is 0.102. The van der Waals surface area contributed by atoms with E-state index in [2.05, 4.69) is 9.72 Å². The smallest absolute Gasteiger partial charge is 0.342 e. The summed E-state index contributed by atoms with van der Waals surface area (Å²) in [7, 11) is 0. The molecule has 6 heteroatoms. The van der Waals surface area contributed by atoms with E-state index in [1.165, 1.54) is 0 Å². The van der Waals surface area contributed by atoms with Crippen molar-refractivity contribution in [3.63, 3.8) is 0 Å². The van der Waals surface area contributed by atoms with Gasteiger partial charge >= 0.3 is 5.97 Å². The van der Waals surface area contributed by atoms with Gasteiger partial charge in [-0.25, -0.2) is 13.6 Å². The van der Waals surface area contributed by atoms with Crippen LogP contribution in [0, 0.1) is 0 Å². The molecule has 1 N–H and O–H groups in total. The second kappa shape index (κ2) is 4.68. The largest absolute Gasteiger partial charge is 0.505 e. The molecular weight excluding hydrogens is 208 g/mol. The summed E-state index contributed by atoms with van der Waals surface area (Å²) < 4.78 is 29.1. The molecule has 0 aliphatic carbocycles. The van der Waals surface area contributed by atoms with E-state index in [1.54, 1.807) is 6.92 Å². The normalized spacial score (nSPS) is 10.4. The number of nitrogens with zero attached hydrogens (tertiary/aromatic N) is 1. The standard InChI is InChI=1S/C9H9F2NO3/c1-2-15-9(14)5-3-4-12-6(7(5)13)8(10)11/h3-4,8,13H,2H2,1H3. The number of halogens is 2. The Hall–Kier alpha value is -1.72. The Morgan fingerprint density at radius 2 is 2.33 bits per heavy atom. The van der Waals surface area contributed by atoms with Gasteiger partial charge in [0.25, 0.3) is 6.43 Å². The van der Waals surface area contributed by atoms with Crippen LogP contribution in [0.25, 0.3) is 0 Å². The monoisotopic (exact) mass is 217 g/mol. The van der Waals surface area contributed by atoms with Gasteiger partial charge in [-0.15, -0.1) is 0 Å². The molecule has 0 unspecified atom stereocenters. The highest BCUT2D eigenvalue weighted by molar-refractivity contribution is 5.92. The fourth-order valence-electron chi connectivity index (χ4n) is 1.00. The van der Waals surface area contributed by atoms with E-state index >= 15 is 0 Å². The molecule has 0 aliphatic rings. The van der Waals surface area contributed by atoms with Gasteiger partial charge < -0.3 is 9.84 Å². The number of alkyl halides is 2. The number of esters is 1. The first kappa shape index (κ1) is 11.4. The zero-order valence-corrected chi connectivity index (χ0v) is 7.91. The van der Waals surface area contributed by atoms with Crippen LogP contribution in [0.5, 0.6) is 5.75 Å². The van der Waals surface area contributed by atoms with Crippen LogP contribution in [0.1, 0.15) is 29.4 Å². The van der Waals surface area contributed by atoms with Gasteiger partial charge in [0.1, 0.15) is 11.3 Å². The number of hydrogen-bond donors (Lipinski definition) is 1. The SMILES string of the molecule is CCOC(=O)c1ccnc(C(F)F)c1O. The van der Waals surface area contributed by atoms with Crippen LogP contribution in [-0.4, -0.2) is 22.7 Å². The maximum absolute atomic E-state index is 12.3. The third-order valence-electron chi connectivity index (χ3n) is 1.65. The number of carbonyl (C=O) groups is 1. The molecule has 0 atom stereocenters. The van der Waals surface area contributed by atoms with E-state index in [9.17, 15) is 18.7 Å². The minimum atomic E-state index is -2.93. The summed E-state index contributed by atoms with van der Waals surface area (Å²) in [5.41, 5.74) is -1.12. The summed E-state index contributed by atoms with van der Waals surface area (Å²) in [5.74, 6) is -1.68. The predicted molar refractivity (Wildman–Crippen MR) is 46.8 cm³/mol. The molecule has 0 radical (unpaired) electrons. The number of rotatable bonds is 3. The van der Waals surface area contributed by atoms with E-state index in [0.717, 1.165) is 12.3 Å². The molecule has 4 nitrogen and oxygen atoms in total. The lowest BCUT2D eigenvalue weighted by Crippen LogP contribution is -2.06. The van der Waals surface area contributed by atoms with Gasteiger partial charge in [0.2, 0.25) is 0 Å². The first-order valence-electron chi connectivity index (χ1n) is 4.21. The van der Waals surface area contributed by atoms with E-state index in [4.69, 9.17) is 0 Å². The highest BCUT2D eigenvalue weighted by Gasteiger charge is 2.21. The van der Waals surface area contributed by atoms with Crippen molar-refractivity contribution in [1.29, 1.82) is 0 Å². The number of ether oxygens (including phenoxy) is 1. The Morgan fingerprint density at radius 1 is 1.67 bits per heavy atom. The van der Waals surface area contributed by atoms with Crippen molar-refractivity contribution in [2.45, 2.75) is 13.3 Å². The Balaban J connectivity index is 3.09. The van der Waals surface area contributed by atoms with Crippen molar-refractivity contribution < 1.29 is 23.4 Å². The van der Waals surface area contributed by atoms with Crippen molar-refractivity contribution in [3.8, 4) is 5.75 Å². The molecule has 1 heterocycles. The van der Waals surface area contributed by atoms with Gasteiger partial charge in [0.05, 0.1) is 6.61 Å². The van der Waals surface area contributed by atoms with Crippen LogP contribution in [0.3, 0.4) is 0 Å². The van der Waals surface area contributed by atoms with Crippen LogP contribution >= 0.6 is 0 Å². The summed E-state index contributed by atoms with van der Waals surface area (Å²) in [6.07, 6.45) is -1.91. The Kier molecular flexibility index (Phi) is 3.54. The Labute approximate surface area is 84.5 Å². The highest BCUT2D eigenvalue weighted by atomic mass is 19.3. The van der Waals surface area contributed by atoms with Crippen LogP contribution in [-0.2, 0) is 4.74 Å². The summed E-state index contributed by atoms with van der Waals surface area (Å²) in [6.45, 7) is 1.68. The fraction of sp³-hybridized carbons (Fsp3) is 0.333. The van der Waals surface area contributed by atoms with Crippen molar-refractivity contribution in [3.05, 3.63) is 23.5 Å². The maximum atomic E-state index is 12.3. The zero-order chi connectivity index (χ0) is 11.4. The molecule has 1 aromatic rings. The number of aromatic nitrogens is 1. The van der Waals surface area contributed by atoms with Crippen molar-refractivity contribution in [1.82, 2.24) is 4.98 Å². The van der Waals surface area contributed by atoms with Crippen LogP contribution in [0.15, 0.2) is 12.3 Å². The van der Waals surface area contributed by atoms with E-state index in [1.807, 2.05) is 0 Å². The lowest BCUT2D eigenvalue weighted by Gasteiger charge is -2.07. The third kappa shape index (κ3) is 2.39. The molecule has 0 spiro atoms. The number of pyridine rings is 1. The Morgan fingerprint density at radius 3 is 2.87 bits per heavy atom. The molecule has 0 aliphatic heterocycles. The van der Waals surface area contributed by atoms with E-state index in [0.29, 0.717) is 0 Å². The first-order chi connectivity index (χ1) is 7.07. The van der Waals surface area contributed by atoms with Gasteiger partial charge in [0, 0.05) is 6.20 Å². The molecular formula is C9H9F2NO3. The van der Waals surface area contributed by atoms with E-state index in [-0.39, 0.29) is 12.2 Å². The van der Waals surface area contributed by atoms with Crippen molar-refractivity contribution in [2.24, 2.45) is 0 Å². The number of carbonyl (C=O) groups excluding carboxylic acids is 1. The highest BCUT2D eigenvalue weighted by Crippen LogP contribution is 2.29. The van der Waals surface area contributed by atoms with Gasteiger partial charge in [-0.05, 0) is 13.0 Å². The molecule has 0 saturated heterocycles. The Bertz CT molecular complexity index is 368. The molecule has 0 aromatic carbocycles. The van der Waals surface area contributed by atoms with Gasteiger partial charge in [0.15, 0.2) is 5.75 Å². The second-order valence-corrected chi connectivity index (χ2v) is 2.61. The summed E-state index contributed by atoms with van der Waals surface area (Å²) in [4.78, 5) is 14.5. The van der Waals surface area contributed by atoms with Gasteiger partial charge in [-0.3, -0.25) is 4.98 Å². The summed E-state index contributed by atoms with van der Waals surface area (Å²) in [6, 6.07) is 1.12. The number of aromatic hydroxyl groups is 1. The number of hydrogen-bond acceptors (Lipinski definition) is 4. The zero-order valence-electron chi connectivity index (χ0n) is 7.91. The second-order valence-electron chi connectivity index (χ2n) is 2.61. The first-order valence-corrected chi connectivity index (χ1v) is 4.21. The maximum Gasteiger partial charge on any atom is 0.342 e. The lowest BCUT2D eigenvalue weighted by molar-refractivity contribution is 0.0521. The average Bonchev–Trinajstić information content (AvgIpc) is 2.17. The van der Waals surface area contributed by atoms with Gasteiger partial charge in [-0.1, -0.05) is 0 Å². The molecule has 0 saturated carbocycles. The summed E-state index contributed by atoms with van der Waals surface area (Å²) >= 11 is 0. The van der Waals surface area contributed by atoms with E-state index < -0.39 is 23.8 Å². The van der Waals surface area contributed by atoms with Crippen LogP contribution in [0.2, 0.25) is 0 Å². The lowest BCUT2D eigenvalue weighted by atomic mass is 10.2. The van der Waals surface area contributed by atoms with Crippen LogP contribution < -0.4 is 0 Å². The average molecular weight is 217 g/mol. The topological polar surface area (TPSA) is 59.4 Å². The minimum Gasteiger partial charge on any atom is -0.505 e. The summed E-state index contributed by atoms with van der Waals surface area (Å²) in [5, 5.41) is 9.31. The van der Waals surface area contributed by atoms with Gasteiger partial charge in [-0.2, -0.15) is 0 Å². The quantitative estimate of drug-likeness (QED) is 0.785.